The van der Waals surface area contributed by atoms with Gasteiger partial charge in [-0.3, -0.25) is 4.79 Å². The van der Waals surface area contributed by atoms with E-state index < -0.39 is 47.2 Å². The van der Waals surface area contributed by atoms with E-state index >= 15 is 0 Å². The van der Waals surface area contributed by atoms with E-state index in [2.05, 4.69) is 0 Å². The van der Waals surface area contributed by atoms with Gasteiger partial charge in [0.2, 0.25) is 0 Å². The van der Waals surface area contributed by atoms with Gasteiger partial charge in [-0.05, 0) is 29.8 Å². The number of carbonyl (C=O) groups is 1. The third kappa shape index (κ3) is 2.73. The average molecular weight is 313 g/mol. The van der Waals surface area contributed by atoms with Gasteiger partial charge in [0.05, 0.1) is 12.6 Å². The predicted octanol–water partition coefficient (Wildman–Crippen LogP) is 1.55. The number of carboxylic acids is 1. The first kappa shape index (κ1) is 15.8. The normalized spacial score (nSPS) is 12.2. The Hall–Kier alpha value is -2.61. The quantitative estimate of drug-likeness (QED) is 0.839. The average Bonchev–Trinajstić information content (AvgIpc) is 2.46. The maximum Gasteiger partial charge on any atom is 0.341 e. The minimum Gasteiger partial charge on any atom is -0.477 e. The molecule has 5 nitrogen and oxygen atoms in total. The van der Waals surface area contributed by atoms with Crippen LogP contribution in [0.1, 0.15) is 22.0 Å². The summed E-state index contributed by atoms with van der Waals surface area (Å²) in [7, 11) is 0. The SMILES string of the molecule is O=C(O)c1cccn([C@@H](CO)c2cc(F)c(F)c(F)c2)c1=O. The molecule has 0 aliphatic rings. The second-order valence-electron chi connectivity index (χ2n) is 4.44. The molecule has 0 saturated heterocycles. The van der Waals surface area contributed by atoms with E-state index in [0.29, 0.717) is 12.1 Å². The number of rotatable bonds is 4. The summed E-state index contributed by atoms with van der Waals surface area (Å²) in [5.74, 6) is -6.11. The van der Waals surface area contributed by atoms with Gasteiger partial charge in [-0.25, -0.2) is 18.0 Å². The number of aliphatic hydroxyl groups excluding tert-OH is 1. The lowest BCUT2D eigenvalue weighted by atomic mass is 10.1. The second-order valence-corrected chi connectivity index (χ2v) is 4.44. The zero-order chi connectivity index (χ0) is 16.4. The van der Waals surface area contributed by atoms with E-state index in [-0.39, 0.29) is 5.56 Å². The molecule has 8 heteroatoms. The Labute approximate surface area is 121 Å². The summed E-state index contributed by atoms with van der Waals surface area (Å²) in [6.45, 7) is -0.743. The summed E-state index contributed by atoms with van der Waals surface area (Å²) < 4.78 is 40.4. The van der Waals surface area contributed by atoms with Crippen LogP contribution in [-0.4, -0.2) is 27.4 Å². The molecule has 0 amide bonds. The Morgan fingerprint density at radius 2 is 1.82 bits per heavy atom. The summed E-state index contributed by atoms with van der Waals surface area (Å²) in [6.07, 6.45) is 1.16. The van der Waals surface area contributed by atoms with Crippen molar-refractivity contribution in [3.63, 3.8) is 0 Å². The van der Waals surface area contributed by atoms with E-state index in [1.54, 1.807) is 0 Å². The minimum atomic E-state index is -1.67. The molecule has 0 spiro atoms. The highest BCUT2D eigenvalue weighted by atomic mass is 19.2. The van der Waals surface area contributed by atoms with Crippen molar-refractivity contribution >= 4 is 5.97 Å². The van der Waals surface area contributed by atoms with Crippen LogP contribution in [0.15, 0.2) is 35.3 Å². The van der Waals surface area contributed by atoms with Gasteiger partial charge >= 0.3 is 5.97 Å². The van der Waals surface area contributed by atoms with E-state index in [9.17, 15) is 27.9 Å². The van der Waals surface area contributed by atoms with Crippen LogP contribution in [0.2, 0.25) is 0 Å². The van der Waals surface area contributed by atoms with Crippen molar-refractivity contribution in [3.8, 4) is 0 Å². The van der Waals surface area contributed by atoms with Crippen LogP contribution >= 0.6 is 0 Å². The van der Waals surface area contributed by atoms with Gasteiger partial charge in [-0.1, -0.05) is 0 Å². The third-order valence-electron chi connectivity index (χ3n) is 3.10. The van der Waals surface area contributed by atoms with E-state index in [0.717, 1.165) is 16.8 Å². The predicted molar refractivity (Wildman–Crippen MR) is 69.2 cm³/mol. The Kier molecular flexibility index (Phi) is 4.32. The maximum atomic E-state index is 13.3. The lowest BCUT2D eigenvalue weighted by Crippen LogP contribution is -2.31. The molecule has 1 aromatic heterocycles. The largest absolute Gasteiger partial charge is 0.477 e. The summed E-state index contributed by atoms with van der Waals surface area (Å²) in [6, 6.07) is 2.32. The molecule has 0 radical (unpaired) electrons. The fourth-order valence-electron chi connectivity index (χ4n) is 2.04. The number of halogens is 3. The van der Waals surface area contributed by atoms with Crippen LogP contribution in [-0.2, 0) is 0 Å². The highest BCUT2D eigenvalue weighted by Gasteiger charge is 2.21. The molecule has 2 rings (SSSR count). The smallest absolute Gasteiger partial charge is 0.341 e. The maximum absolute atomic E-state index is 13.3. The number of hydrogen-bond acceptors (Lipinski definition) is 3. The zero-order valence-electron chi connectivity index (χ0n) is 11.0. The van der Waals surface area contributed by atoms with Gasteiger partial charge in [0.15, 0.2) is 17.5 Å². The fraction of sp³-hybridized carbons (Fsp3) is 0.143. The Balaban J connectivity index is 2.61. The molecule has 2 aromatic rings. The molecule has 0 aliphatic carbocycles. The molecule has 0 unspecified atom stereocenters. The highest BCUT2D eigenvalue weighted by molar-refractivity contribution is 5.87. The molecule has 0 fully saturated rings. The molecule has 1 heterocycles. The van der Waals surface area contributed by atoms with Crippen LogP contribution < -0.4 is 5.56 Å². The molecule has 2 N–H and O–H groups in total. The van der Waals surface area contributed by atoms with Gasteiger partial charge < -0.3 is 14.8 Å². The van der Waals surface area contributed by atoms with Gasteiger partial charge in [0, 0.05) is 6.20 Å². The van der Waals surface area contributed by atoms with Crippen molar-refractivity contribution < 1.29 is 28.2 Å². The van der Waals surface area contributed by atoms with Gasteiger partial charge in [-0.15, -0.1) is 0 Å². The lowest BCUT2D eigenvalue weighted by Gasteiger charge is -2.18. The molecule has 0 saturated carbocycles. The standard InChI is InChI=1S/C14H10F3NO4/c15-9-4-7(5-10(16)12(9)17)11(6-19)18-3-1-2-8(13(18)20)14(21)22/h1-5,11,19H,6H2,(H,21,22)/t11-/m0/s1. The summed E-state index contributed by atoms with van der Waals surface area (Å²) >= 11 is 0. The zero-order valence-corrected chi connectivity index (χ0v) is 11.0. The number of hydrogen-bond donors (Lipinski definition) is 2. The minimum absolute atomic E-state index is 0.205. The van der Waals surface area contributed by atoms with Crippen molar-refractivity contribution in [1.29, 1.82) is 0 Å². The number of benzene rings is 1. The Morgan fingerprint density at radius 1 is 1.23 bits per heavy atom. The number of carboxylic acid groups (broad SMARTS) is 1. The van der Waals surface area contributed by atoms with Crippen molar-refractivity contribution in [2.24, 2.45) is 0 Å². The molecular weight excluding hydrogens is 303 g/mol. The van der Waals surface area contributed by atoms with Gasteiger partial charge in [-0.2, -0.15) is 0 Å². The van der Waals surface area contributed by atoms with E-state index in [4.69, 9.17) is 5.11 Å². The van der Waals surface area contributed by atoms with Crippen molar-refractivity contribution in [3.05, 3.63) is 69.4 Å². The van der Waals surface area contributed by atoms with E-state index in [1.807, 2.05) is 0 Å². The first-order valence-electron chi connectivity index (χ1n) is 6.06. The first-order chi connectivity index (χ1) is 10.4. The van der Waals surface area contributed by atoms with Gasteiger partial charge in [0.25, 0.3) is 5.56 Å². The first-order valence-corrected chi connectivity index (χ1v) is 6.06. The Morgan fingerprint density at radius 3 is 2.32 bits per heavy atom. The van der Waals surface area contributed by atoms with Crippen LogP contribution in [0.25, 0.3) is 0 Å². The molecule has 116 valence electrons. The van der Waals surface area contributed by atoms with Crippen LogP contribution in [0.5, 0.6) is 0 Å². The van der Waals surface area contributed by atoms with Crippen molar-refractivity contribution in [2.75, 3.05) is 6.61 Å². The van der Waals surface area contributed by atoms with Crippen molar-refractivity contribution in [1.82, 2.24) is 4.57 Å². The number of aliphatic hydroxyl groups is 1. The molecule has 0 aliphatic heterocycles. The van der Waals surface area contributed by atoms with Crippen LogP contribution in [0.3, 0.4) is 0 Å². The van der Waals surface area contributed by atoms with Crippen LogP contribution in [0.4, 0.5) is 13.2 Å². The van der Waals surface area contributed by atoms with Gasteiger partial charge in [0.1, 0.15) is 5.56 Å². The monoisotopic (exact) mass is 313 g/mol. The number of pyridine rings is 1. The molecule has 0 bridgehead atoms. The summed E-state index contributed by atoms with van der Waals surface area (Å²) in [5, 5.41) is 18.3. The molecule has 1 aromatic carbocycles. The fourth-order valence-corrected chi connectivity index (χ4v) is 2.04. The van der Waals surface area contributed by atoms with Crippen LogP contribution in [0, 0.1) is 17.5 Å². The van der Waals surface area contributed by atoms with Crippen molar-refractivity contribution in [2.45, 2.75) is 6.04 Å². The van der Waals surface area contributed by atoms with E-state index in [1.165, 1.54) is 6.07 Å². The molecular formula is C14H10F3NO4. The summed E-state index contributed by atoms with van der Waals surface area (Å²) in [5.41, 5.74) is -1.73. The number of aromatic nitrogens is 1. The lowest BCUT2D eigenvalue weighted by molar-refractivity contribution is 0.0693. The topological polar surface area (TPSA) is 79.5 Å². The highest BCUT2D eigenvalue weighted by Crippen LogP contribution is 2.21. The second kappa shape index (κ2) is 6.02. The summed E-state index contributed by atoms with van der Waals surface area (Å²) in [4.78, 5) is 23.0. The third-order valence-corrected chi connectivity index (χ3v) is 3.10. The number of nitrogens with zero attached hydrogens (tertiary/aromatic N) is 1. The molecule has 22 heavy (non-hydrogen) atoms. The Bertz CT molecular complexity index is 765. The molecule has 1 atom stereocenters. The number of aromatic carboxylic acids is 1.